The third-order valence-electron chi connectivity index (χ3n) is 4.98. The Morgan fingerprint density at radius 3 is 2.50 bits per heavy atom. The van der Waals surface area contributed by atoms with Crippen LogP contribution in [0.1, 0.15) is 5.56 Å². The summed E-state index contributed by atoms with van der Waals surface area (Å²) in [6.07, 6.45) is 4.61. The van der Waals surface area contributed by atoms with E-state index in [1.807, 2.05) is 30.3 Å². The van der Waals surface area contributed by atoms with Gasteiger partial charge < -0.3 is 14.4 Å². The molecule has 8 heteroatoms. The monoisotopic (exact) mass is 435 g/mol. The van der Waals surface area contributed by atoms with Crippen molar-refractivity contribution in [3.63, 3.8) is 0 Å². The van der Waals surface area contributed by atoms with Gasteiger partial charge in [0.15, 0.2) is 6.61 Å². The number of esters is 1. The average Bonchev–Trinajstić information content (AvgIpc) is 3.27. The molecule has 2 aromatic carbocycles. The van der Waals surface area contributed by atoms with E-state index in [1.54, 1.807) is 34.0 Å². The van der Waals surface area contributed by atoms with Gasteiger partial charge in [-0.15, -0.1) is 0 Å². The van der Waals surface area contributed by atoms with Crippen molar-refractivity contribution in [2.75, 3.05) is 32.9 Å². The number of aromatic nitrogens is 2. The fraction of sp³-hybridized carbons (Fsp3) is 0.208. The summed E-state index contributed by atoms with van der Waals surface area (Å²) >= 11 is 0. The summed E-state index contributed by atoms with van der Waals surface area (Å²) in [7, 11) is 0. The lowest BCUT2D eigenvalue weighted by molar-refractivity contribution is -0.150. The summed E-state index contributed by atoms with van der Waals surface area (Å²) in [5, 5.41) is 4.61. The lowest BCUT2D eigenvalue weighted by Crippen LogP contribution is -2.42. The van der Waals surface area contributed by atoms with E-state index < -0.39 is 5.97 Å². The molecule has 0 unspecified atom stereocenters. The molecule has 1 aliphatic heterocycles. The molecule has 0 atom stereocenters. The van der Waals surface area contributed by atoms with Gasteiger partial charge in [0, 0.05) is 36.5 Å². The van der Waals surface area contributed by atoms with Gasteiger partial charge in [0.2, 0.25) is 0 Å². The van der Waals surface area contributed by atoms with E-state index in [2.05, 4.69) is 5.10 Å². The predicted molar refractivity (Wildman–Crippen MR) is 116 cm³/mol. The number of halogens is 1. The maximum atomic E-state index is 13.4. The lowest BCUT2D eigenvalue weighted by Gasteiger charge is -2.26. The minimum Gasteiger partial charge on any atom is -0.452 e. The van der Waals surface area contributed by atoms with Crippen LogP contribution < -0.4 is 0 Å². The zero-order valence-electron chi connectivity index (χ0n) is 17.3. The van der Waals surface area contributed by atoms with Crippen molar-refractivity contribution >= 4 is 18.0 Å². The molecular formula is C24H22FN3O4. The summed E-state index contributed by atoms with van der Waals surface area (Å²) in [6.45, 7) is 1.63. The van der Waals surface area contributed by atoms with Crippen molar-refractivity contribution < 1.29 is 23.5 Å². The molecule has 4 rings (SSSR count). The number of para-hydroxylation sites is 1. The van der Waals surface area contributed by atoms with E-state index in [9.17, 15) is 14.0 Å². The Hall–Kier alpha value is -3.78. The molecule has 164 valence electrons. The van der Waals surface area contributed by atoms with Crippen LogP contribution in [-0.4, -0.2) is 59.5 Å². The zero-order valence-corrected chi connectivity index (χ0v) is 17.3. The number of hydrogen-bond donors (Lipinski definition) is 0. The fourth-order valence-corrected chi connectivity index (χ4v) is 3.30. The molecule has 2 heterocycles. The first kappa shape index (κ1) is 21.5. The fourth-order valence-electron chi connectivity index (χ4n) is 3.30. The van der Waals surface area contributed by atoms with Crippen molar-refractivity contribution in [2.45, 2.75) is 0 Å². The van der Waals surface area contributed by atoms with Crippen molar-refractivity contribution in [1.29, 1.82) is 0 Å². The van der Waals surface area contributed by atoms with Crippen molar-refractivity contribution in [2.24, 2.45) is 0 Å². The SMILES string of the molecule is O=C(/C=C/c1cn(-c2ccccc2)nc1-c1ccc(F)cc1)OCC(=O)N1CCOCC1. The normalized spacial score (nSPS) is 14.0. The van der Waals surface area contributed by atoms with Crippen LogP contribution >= 0.6 is 0 Å². The van der Waals surface area contributed by atoms with E-state index >= 15 is 0 Å². The second kappa shape index (κ2) is 10.0. The number of amides is 1. The van der Waals surface area contributed by atoms with Crippen LogP contribution in [0, 0.1) is 5.82 Å². The molecule has 0 aliphatic carbocycles. The molecule has 32 heavy (non-hydrogen) atoms. The number of carbonyl (C=O) groups is 2. The van der Waals surface area contributed by atoms with Crippen LogP contribution in [0.5, 0.6) is 0 Å². The Morgan fingerprint density at radius 2 is 1.78 bits per heavy atom. The van der Waals surface area contributed by atoms with Gasteiger partial charge in [0.05, 0.1) is 24.6 Å². The molecule has 7 nitrogen and oxygen atoms in total. The predicted octanol–water partition coefficient (Wildman–Crippen LogP) is 3.09. The lowest BCUT2D eigenvalue weighted by atomic mass is 10.1. The first-order valence-corrected chi connectivity index (χ1v) is 10.2. The van der Waals surface area contributed by atoms with Crippen LogP contribution in [0.25, 0.3) is 23.0 Å². The minimum atomic E-state index is -0.635. The Labute approximate surface area is 184 Å². The molecule has 3 aromatic rings. The number of rotatable bonds is 6. The first-order valence-electron chi connectivity index (χ1n) is 10.2. The maximum Gasteiger partial charge on any atom is 0.331 e. The van der Waals surface area contributed by atoms with Crippen LogP contribution in [0.2, 0.25) is 0 Å². The summed E-state index contributed by atoms with van der Waals surface area (Å²) in [6, 6.07) is 15.5. The topological polar surface area (TPSA) is 73.7 Å². The maximum absolute atomic E-state index is 13.4. The summed E-state index contributed by atoms with van der Waals surface area (Å²) < 4.78 is 25.4. The Kier molecular flexibility index (Phi) is 6.72. The highest BCUT2D eigenvalue weighted by Crippen LogP contribution is 2.25. The molecule has 0 radical (unpaired) electrons. The van der Waals surface area contributed by atoms with Crippen molar-refractivity contribution in [3.8, 4) is 16.9 Å². The number of carbonyl (C=O) groups excluding carboxylic acids is 2. The Balaban J connectivity index is 1.50. The number of morpholine rings is 1. The molecular weight excluding hydrogens is 413 g/mol. The summed E-state index contributed by atoms with van der Waals surface area (Å²) in [4.78, 5) is 25.9. The van der Waals surface area contributed by atoms with Crippen LogP contribution in [0.3, 0.4) is 0 Å². The van der Waals surface area contributed by atoms with Gasteiger partial charge in [-0.1, -0.05) is 18.2 Å². The summed E-state index contributed by atoms with van der Waals surface area (Å²) in [5.41, 5.74) is 2.78. The standard InChI is InChI=1S/C24H22FN3O4/c25-20-9-6-18(7-10-20)24-19(16-28(26-24)21-4-2-1-3-5-21)8-11-23(30)32-17-22(29)27-12-14-31-15-13-27/h1-11,16H,12-15,17H2/b11-8+. The Morgan fingerprint density at radius 1 is 1.06 bits per heavy atom. The third kappa shape index (κ3) is 5.28. The molecule has 0 bridgehead atoms. The molecule has 1 saturated heterocycles. The van der Waals surface area contributed by atoms with Crippen LogP contribution in [0.4, 0.5) is 4.39 Å². The highest BCUT2D eigenvalue weighted by atomic mass is 19.1. The van der Waals surface area contributed by atoms with Gasteiger partial charge in [-0.25, -0.2) is 13.9 Å². The van der Waals surface area contributed by atoms with Gasteiger partial charge in [-0.2, -0.15) is 5.10 Å². The summed E-state index contributed by atoms with van der Waals surface area (Å²) in [5.74, 6) is -1.23. The van der Waals surface area contributed by atoms with Gasteiger partial charge in [0.1, 0.15) is 5.82 Å². The molecule has 0 saturated carbocycles. The van der Waals surface area contributed by atoms with E-state index in [0.29, 0.717) is 43.1 Å². The van der Waals surface area contributed by atoms with Gasteiger partial charge in [0.25, 0.3) is 5.91 Å². The highest BCUT2D eigenvalue weighted by molar-refractivity contribution is 5.90. The molecule has 1 aromatic heterocycles. The van der Waals surface area contributed by atoms with E-state index in [1.165, 1.54) is 18.2 Å². The minimum absolute atomic E-state index is 0.251. The molecule has 1 fully saturated rings. The first-order chi connectivity index (χ1) is 15.6. The van der Waals surface area contributed by atoms with Gasteiger partial charge in [-0.3, -0.25) is 4.79 Å². The van der Waals surface area contributed by atoms with E-state index in [-0.39, 0.29) is 18.3 Å². The Bertz CT molecular complexity index is 1100. The molecule has 0 N–H and O–H groups in total. The van der Waals surface area contributed by atoms with Crippen LogP contribution in [-0.2, 0) is 19.1 Å². The van der Waals surface area contributed by atoms with Crippen LogP contribution in [0.15, 0.2) is 66.9 Å². The second-order valence-corrected chi connectivity index (χ2v) is 7.15. The molecule has 1 aliphatic rings. The zero-order chi connectivity index (χ0) is 22.3. The number of ether oxygens (including phenoxy) is 2. The number of hydrogen-bond acceptors (Lipinski definition) is 5. The number of nitrogens with zero attached hydrogens (tertiary/aromatic N) is 3. The molecule has 0 spiro atoms. The average molecular weight is 435 g/mol. The van der Waals surface area contributed by atoms with Crippen molar-refractivity contribution in [1.82, 2.24) is 14.7 Å². The van der Waals surface area contributed by atoms with Gasteiger partial charge in [-0.05, 0) is 42.5 Å². The van der Waals surface area contributed by atoms with Crippen molar-refractivity contribution in [3.05, 3.63) is 78.3 Å². The quantitative estimate of drug-likeness (QED) is 0.440. The third-order valence-corrected chi connectivity index (χ3v) is 4.98. The van der Waals surface area contributed by atoms with E-state index in [4.69, 9.17) is 9.47 Å². The molecule has 1 amide bonds. The second-order valence-electron chi connectivity index (χ2n) is 7.15. The largest absolute Gasteiger partial charge is 0.452 e. The van der Waals surface area contributed by atoms with E-state index in [0.717, 1.165) is 5.69 Å². The van der Waals surface area contributed by atoms with Gasteiger partial charge >= 0.3 is 5.97 Å². The number of benzene rings is 2. The highest BCUT2D eigenvalue weighted by Gasteiger charge is 2.18. The smallest absolute Gasteiger partial charge is 0.331 e.